The SMILES string of the molecule is Cc1n[nH]c(C)c1C(=O)N(C)C1CCCCC1C. The summed E-state index contributed by atoms with van der Waals surface area (Å²) in [5.41, 5.74) is 2.41. The minimum atomic E-state index is 0.109. The topological polar surface area (TPSA) is 49.0 Å². The van der Waals surface area contributed by atoms with E-state index < -0.39 is 0 Å². The Morgan fingerprint density at radius 3 is 2.56 bits per heavy atom. The number of hydrogen-bond donors (Lipinski definition) is 1. The van der Waals surface area contributed by atoms with Crippen LogP contribution >= 0.6 is 0 Å². The Hall–Kier alpha value is -1.32. The van der Waals surface area contributed by atoms with Crippen molar-refractivity contribution in [2.24, 2.45) is 5.92 Å². The van der Waals surface area contributed by atoms with Crippen molar-refractivity contribution in [3.8, 4) is 0 Å². The molecule has 0 radical (unpaired) electrons. The summed E-state index contributed by atoms with van der Waals surface area (Å²) in [5, 5.41) is 7.00. The van der Waals surface area contributed by atoms with E-state index in [-0.39, 0.29) is 5.91 Å². The van der Waals surface area contributed by atoms with Gasteiger partial charge in [0.05, 0.1) is 11.3 Å². The van der Waals surface area contributed by atoms with E-state index in [9.17, 15) is 4.79 Å². The molecule has 1 aliphatic carbocycles. The van der Waals surface area contributed by atoms with Gasteiger partial charge in [-0.2, -0.15) is 5.10 Å². The summed E-state index contributed by atoms with van der Waals surface area (Å²) < 4.78 is 0. The number of hydrogen-bond acceptors (Lipinski definition) is 2. The van der Waals surface area contributed by atoms with Gasteiger partial charge < -0.3 is 4.90 Å². The third kappa shape index (κ3) is 2.28. The average Bonchev–Trinajstić information content (AvgIpc) is 2.68. The predicted octanol–water partition coefficient (Wildman–Crippen LogP) is 2.68. The standard InChI is InChI=1S/C14H23N3O/c1-9-7-5-6-8-12(9)17(4)14(18)13-10(2)15-16-11(13)3/h9,12H,5-8H2,1-4H3,(H,15,16). The highest BCUT2D eigenvalue weighted by atomic mass is 16.2. The van der Waals surface area contributed by atoms with E-state index in [1.165, 1.54) is 19.3 Å². The largest absolute Gasteiger partial charge is 0.338 e. The highest BCUT2D eigenvalue weighted by Crippen LogP contribution is 2.28. The van der Waals surface area contributed by atoms with E-state index in [1.807, 2.05) is 25.8 Å². The molecule has 2 rings (SSSR count). The van der Waals surface area contributed by atoms with Crippen LogP contribution in [-0.2, 0) is 0 Å². The maximum atomic E-state index is 12.6. The van der Waals surface area contributed by atoms with Crippen molar-refractivity contribution >= 4 is 5.91 Å². The van der Waals surface area contributed by atoms with Crippen LogP contribution in [0.5, 0.6) is 0 Å². The van der Waals surface area contributed by atoms with E-state index in [0.29, 0.717) is 12.0 Å². The summed E-state index contributed by atoms with van der Waals surface area (Å²) in [7, 11) is 1.93. The van der Waals surface area contributed by atoms with E-state index in [4.69, 9.17) is 0 Å². The number of aromatic amines is 1. The van der Waals surface area contributed by atoms with Gasteiger partial charge in [0.2, 0.25) is 0 Å². The third-order valence-corrected chi connectivity index (χ3v) is 4.23. The fraction of sp³-hybridized carbons (Fsp3) is 0.714. The van der Waals surface area contributed by atoms with Crippen LogP contribution in [0.1, 0.15) is 54.4 Å². The van der Waals surface area contributed by atoms with Crippen LogP contribution in [0.4, 0.5) is 0 Å². The van der Waals surface area contributed by atoms with Gasteiger partial charge in [0, 0.05) is 18.8 Å². The summed E-state index contributed by atoms with van der Waals surface area (Å²) in [5.74, 6) is 0.706. The molecule has 0 aliphatic heterocycles. The zero-order chi connectivity index (χ0) is 13.3. The molecule has 2 atom stereocenters. The first-order valence-corrected chi connectivity index (χ1v) is 6.81. The van der Waals surface area contributed by atoms with E-state index in [2.05, 4.69) is 17.1 Å². The molecule has 4 nitrogen and oxygen atoms in total. The van der Waals surface area contributed by atoms with Crippen LogP contribution in [0.15, 0.2) is 0 Å². The van der Waals surface area contributed by atoms with Crippen LogP contribution < -0.4 is 0 Å². The molecule has 0 saturated heterocycles. The lowest BCUT2D eigenvalue weighted by atomic mass is 9.85. The number of aromatic nitrogens is 2. The summed E-state index contributed by atoms with van der Waals surface area (Å²) in [6.45, 7) is 6.04. The van der Waals surface area contributed by atoms with Crippen molar-refractivity contribution in [1.29, 1.82) is 0 Å². The van der Waals surface area contributed by atoms with Crippen molar-refractivity contribution in [3.63, 3.8) is 0 Å². The van der Waals surface area contributed by atoms with Gasteiger partial charge in [-0.3, -0.25) is 9.89 Å². The third-order valence-electron chi connectivity index (χ3n) is 4.23. The molecule has 0 bridgehead atoms. The van der Waals surface area contributed by atoms with Gasteiger partial charge in [-0.25, -0.2) is 0 Å². The first kappa shape index (κ1) is 13.1. The van der Waals surface area contributed by atoms with Crippen LogP contribution in [0, 0.1) is 19.8 Å². The predicted molar refractivity (Wildman–Crippen MR) is 71.6 cm³/mol. The Morgan fingerprint density at radius 1 is 1.33 bits per heavy atom. The fourth-order valence-corrected chi connectivity index (χ4v) is 3.07. The molecule has 100 valence electrons. The molecule has 0 aromatic carbocycles. The van der Waals surface area contributed by atoms with E-state index >= 15 is 0 Å². The highest BCUT2D eigenvalue weighted by molar-refractivity contribution is 5.96. The van der Waals surface area contributed by atoms with Crippen LogP contribution in [0.25, 0.3) is 0 Å². The number of amides is 1. The zero-order valence-corrected chi connectivity index (χ0v) is 11.8. The quantitative estimate of drug-likeness (QED) is 0.876. The summed E-state index contributed by atoms with van der Waals surface area (Å²) in [4.78, 5) is 14.5. The van der Waals surface area contributed by atoms with Crippen molar-refractivity contribution in [2.45, 2.75) is 52.5 Å². The lowest BCUT2D eigenvalue weighted by Crippen LogP contribution is -2.42. The molecule has 0 spiro atoms. The molecule has 1 fully saturated rings. The Balaban J connectivity index is 2.18. The Bertz CT molecular complexity index is 419. The monoisotopic (exact) mass is 249 g/mol. The number of rotatable bonds is 2. The van der Waals surface area contributed by atoms with Crippen molar-refractivity contribution in [2.75, 3.05) is 7.05 Å². The van der Waals surface area contributed by atoms with Crippen molar-refractivity contribution in [1.82, 2.24) is 15.1 Å². The highest BCUT2D eigenvalue weighted by Gasteiger charge is 2.30. The summed E-state index contributed by atoms with van der Waals surface area (Å²) in [6, 6.07) is 0.375. The lowest BCUT2D eigenvalue weighted by Gasteiger charge is -2.36. The van der Waals surface area contributed by atoms with Gasteiger partial charge in [0.25, 0.3) is 5.91 Å². The Labute approximate surface area is 109 Å². The van der Waals surface area contributed by atoms with Gasteiger partial charge in [-0.15, -0.1) is 0 Å². The first-order chi connectivity index (χ1) is 8.52. The maximum Gasteiger partial charge on any atom is 0.257 e. The zero-order valence-electron chi connectivity index (χ0n) is 11.8. The van der Waals surface area contributed by atoms with E-state index in [1.54, 1.807) is 0 Å². The average molecular weight is 249 g/mol. The minimum absolute atomic E-state index is 0.109. The Kier molecular flexibility index (Phi) is 3.73. The van der Waals surface area contributed by atoms with Gasteiger partial charge in [-0.1, -0.05) is 19.8 Å². The second-order valence-corrected chi connectivity index (χ2v) is 5.55. The van der Waals surface area contributed by atoms with Gasteiger partial charge in [0.15, 0.2) is 0 Å². The number of nitrogens with one attached hydrogen (secondary N) is 1. The number of nitrogens with zero attached hydrogens (tertiary/aromatic N) is 2. The molecule has 1 amide bonds. The first-order valence-electron chi connectivity index (χ1n) is 6.81. The smallest absolute Gasteiger partial charge is 0.257 e. The maximum absolute atomic E-state index is 12.6. The molecule has 1 N–H and O–H groups in total. The molecular formula is C14H23N3O. The van der Waals surface area contributed by atoms with Crippen molar-refractivity contribution in [3.05, 3.63) is 17.0 Å². The number of carbonyl (C=O) groups excluding carboxylic acids is 1. The van der Waals surface area contributed by atoms with Crippen molar-refractivity contribution < 1.29 is 4.79 Å². The fourth-order valence-electron chi connectivity index (χ4n) is 3.07. The molecule has 1 heterocycles. The minimum Gasteiger partial charge on any atom is -0.338 e. The second kappa shape index (κ2) is 5.12. The molecular weight excluding hydrogens is 226 g/mol. The lowest BCUT2D eigenvalue weighted by molar-refractivity contribution is 0.0627. The van der Waals surface area contributed by atoms with Crippen LogP contribution in [-0.4, -0.2) is 34.1 Å². The molecule has 1 aromatic heterocycles. The molecule has 1 aromatic rings. The number of carbonyl (C=O) groups is 1. The van der Waals surface area contributed by atoms with Crippen LogP contribution in [0.3, 0.4) is 0 Å². The summed E-state index contributed by atoms with van der Waals surface area (Å²) in [6.07, 6.45) is 4.88. The second-order valence-electron chi connectivity index (χ2n) is 5.55. The Morgan fingerprint density at radius 2 is 2.00 bits per heavy atom. The number of aryl methyl sites for hydroxylation is 2. The molecule has 1 aliphatic rings. The van der Waals surface area contributed by atoms with Gasteiger partial charge >= 0.3 is 0 Å². The normalized spacial score (nSPS) is 24.0. The molecule has 4 heteroatoms. The molecule has 1 saturated carbocycles. The van der Waals surface area contributed by atoms with Gasteiger partial charge in [-0.05, 0) is 32.6 Å². The number of H-pyrrole nitrogens is 1. The summed E-state index contributed by atoms with van der Waals surface area (Å²) >= 11 is 0. The van der Waals surface area contributed by atoms with E-state index in [0.717, 1.165) is 23.4 Å². The molecule has 2 unspecified atom stereocenters. The van der Waals surface area contributed by atoms with Crippen LogP contribution in [0.2, 0.25) is 0 Å². The molecule has 18 heavy (non-hydrogen) atoms. The van der Waals surface area contributed by atoms with Gasteiger partial charge in [0.1, 0.15) is 0 Å².